The van der Waals surface area contributed by atoms with E-state index in [-0.39, 0.29) is 17.9 Å². The third-order valence-electron chi connectivity index (χ3n) is 6.02. The minimum atomic E-state index is -0.117. The van der Waals surface area contributed by atoms with Crippen LogP contribution in [0.4, 0.5) is 5.82 Å². The summed E-state index contributed by atoms with van der Waals surface area (Å²) in [7, 11) is 0. The van der Waals surface area contributed by atoms with Crippen LogP contribution in [0.1, 0.15) is 12.8 Å². The first-order chi connectivity index (χ1) is 15.1. The van der Waals surface area contributed by atoms with Gasteiger partial charge in [-0.3, -0.25) is 9.69 Å². The lowest BCUT2D eigenvalue weighted by Crippen LogP contribution is -2.47. The van der Waals surface area contributed by atoms with E-state index in [2.05, 4.69) is 19.8 Å². The summed E-state index contributed by atoms with van der Waals surface area (Å²) >= 11 is 12.0. The molecule has 8 heteroatoms. The number of ketones is 1. The van der Waals surface area contributed by atoms with Gasteiger partial charge in [-0.15, -0.1) is 0 Å². The summed E-state index contributed by atoms with van der Waals surface area (Å²) in [6.45, 7) is 2.67. The van der Waals surface area contributed by atoms with E-state index in [4.69, 9.17) is 27.9 Å². The lowest BCUT2D eigenvalue weighted by Gasteiger charge is -2.35. The maximum atomic E-state index is 12.9. The molecule has 0 aliphatic carbocycles. The van der Waals surface area contributed by atoms with Crippen LogP contribution in [-0.4, -0.2) is 59.0 Å². The molecule has 31 heavy (non-hydrogen) atoms. The van der Waals surface area contributed by atoms with Crippen molar-refractivity contribution in [1.29, 1.82) is 0 Å². The average Bonchev–Trinajstić information content (AvgIpc) is 3.16. The molecule has 5 rings (SSSR count). The van der Waals surface area contributed by atoms with Crippen LogP contribution in [0.5, 0.6) is 5.75 Å². The highest BCUT2D eigenvalue weighted by Crippen LogP contribution is 2.29. The Morgan fingerprint density at radius 2 is 1.71 bits per heavy atom. The summed E-state index contributed by atoms with van der Waals surface area (Å²) in [5, 5.41) is 2.25. The standard InChI is InChI=1S/C23H22Cl2N4O2/c24-15-1-4-17(5-2-15)31-18-7-9-28(10-8-18)21-12-29(13-22(21)30)23-19-6-3-16(25)11-20(19)26-14-27-23/h1-6,11,14,18,21H,7-10,12-13H2. The molecule has 2 aliphatic rings. The topological polar surface area (TPSA) is 58.6 Å². The molecule has 0 bridgehead atoms. The maximum absolute atomic E-state index is 12.9. The number of fused-ring (bicyclic) bond motifs is 1. The molecule has 1 unspecified atom stereocenters. The molecule has 0 saturated carbocycles. The second kappa shape index (κ2) is 8.61. The number of likely N-dealkylation sites (tertiary alicyclic amines) is 1. The van der Waals surface area contributed by atoms with Gasteiger partial charge in [0.15, 0.2) is 5.78 Å². The first-order valence-corrected chi connectivity index (χ1v) is 11.2. The van der Waals surface area contributed by atoms with Crippen LogP contribution in [0.3, 0.4) is 0 Å². The molecule has 2 aliphatic heterocycles. The number of hydrogen-bond donors (Lipinski definition) is 0. The predicted molar refractivity (Wildman–Crippen MR) is 122 cm³/mol. The Balaban J connectivity index is 1.24. The van der Waals surface area contributed by atoms with Crippen LogP contribution in [0.25, 0.3) is 10.9 Å². The second-order valence-electron chi connectivity index (χ2n) is 8.03. The highest BCUT2D eigenvalue weighted by molar-refractivity contribution is 6.31. The van der Waals surface area contributed by atoms with Crippen molar-refractivity contribution >= 4 is 45.7 Å². The van der Waals surface area contributed by atoms with Crippen molar-refractivity contribution in [3.63, 3.8) is 0 Å². The van der Waals surface area contributed by atoms with Gasteiger partial charge >= 0.3 is 0 Å². The fourth-order valence-corrected chi connectivity index (χ4v) is 4.72. The Hall–Kier alpha value is -2.41. The average molecular weight is 457 g/mol. The number of hydrogen-bond acceptors (Lipinski definition) is 6. The predicted octanol–water partition coefficient (Wildman–Crippen LogP) is 4.24. The van der Waals surface area contributed by atoms with Gasteiger partial charge in [0.05, 0.1) is 18.1 Å². The lowest BCUT2D eigenvalue weighted by atomic mass is 10.0. The van der Waals surface area contributed by atoms with Crippen LogP contribution >= 0.6 is 23.2 Å². The number of rotatable bonds is 4. The van der Waals surface area contributed by atoms with Crippen molar-refractivity contribution < 1.29 is 9.53 Å². The zero-order chi connectivity index (χ0) is 21.4. The zero-order valence-electron chi connectivity index (χ0n) is 16.9. The van der Waals surface area contributed by atoms with Gasteiger partial charge in [-0.05, 0) is 55.3 Å². The highest BCUT2D eigenvalue weighted by atomic mass is 35.5. The third kappa shape index (κ3) is 4.33. The Kier molecular flexibility index (Phi) is 5.69. The summed E-state index contributed by atoms with van der Waals surface area (Å²) in [5.74, 6) is 1.86. The summed E-state index contributed by atoms with van der Waals surface area (Å²) in [6.07, 6.45) is 3.47. The van der Waals surface area contributed by atoms with E-state index in [1.54, 1.807) is 0 Å². The van der Waals surface area contributed by atoms with Crippen molar-refractivity contribution in [2.75, 3.05) is 31.1 Å². The Morgan fingerprint density at radius 1 is 0.968 bits per heavy atom. The third-order valence-corrected chi connectivity index (χ3v) is 6.51. The molecule has 3 heterocycles. The summed E-state index contributed by atoms with van der Waals surface area (Å²) in [6, 6.07) is 12.9. The van der Waals surface area contributed by atoms with E-state index in [0.717, 1.165) is 48.4 Å². The van der Waals surface area contributed by atoms with E-state index in [1.807, 2.05) is 42.5 Å². The molecule has 1 atom stereocenters. The normalized spacial score (nSPS) is 20.5. The second-order valence-corrected chi connectivity index (χ2v) is 8.90. The SMILES string of the molecule is O=C1CN(c2ncnc3cc(Cl)ccc23)CC1N1CCC(Oc2ccc(Cl)cc2)CC1. The maximum Gasteiger partial charge on any atom is 0.171 e. The van der Waals surface area contributed by atoms with E-state index in [0.29, 0.717) is 23.1 Å². The van der Waals surface area contributed by atoms with Gasteiger partial charge in [-0.25, -0.2) is 9.97 Å². The van der Waals surface area contributed by atoms with Crippen LogP contribution in [0.2, 0.25) is 10.0 Å². The van der Waals surface area contributed by atoms with Crippen LogP contribution in [0.15, 0.2) is 48.8 Å². The van der Waals surface area contributed by atoms with Gasteiger partial charge < -0.3 is 9.64 Å². The number of ether oxygens (including phenoxy) is 1. The van der Waals surface area contributed by atoms with Crippen LogP contribution < -0.4 is 9.64 Å². The molecule has 0 spiro atoms. The molecule has 2 fully saturated rings. The highest BCUT2D eigenvalue weighted by Gasteiger charge is 2.38. The van der Waals surface area contributed by atoms with Crippen LogP contribution in [0, 0.1) is 0 Å². The number of benzene rings is 2. The number of carbonyl (C=O) groups is 1. The van der Waals surface area contributed by atoms with Gasteiger partial charge in [0, 0.05) is 35.1 Å². The van der Waals surface area contributed by atoms with Crippen molar-refractivity contribution in [3.05, 3.63) is 58.8 Å². The molecule has 0 amide bonds. The molecule has 0 N–H and O–H groups in total. The first kappa shape index (κ1) is 20.5. The van der Waals surface area contributed by atoms with Crippen LogP contribution in [-0.2, 0) is 4.79 Å². The number of aromatic nitrogens is 2. The molecule has 2 aromatic carbocycles. The molecule has 160 valence electrons. The Morgan fingerprint density at radius 3 is 2.48 bits per heavy atom. The fourth-order valence-electron chi connectivity index (χ4n) is 4.43. The number of halogens is 2. The van der Waals surface area contributed by atoms with E-state index in [1.165, 1.54) is 6.33 Å². The van der Waals surface area contributed by atoms with E-state index in [9.17, 15) is 4.79 Å². The van der Waals surface area contributed by atoms with Gasteiger partial charge in [-0.1, -0.05) is 23.2 Å². The molecule has 2 saturated heterocycles. The molecular formula is C23H22Cl2N4O2. The van der Waals surface area contributed by atoms with Crippen molar-refractivity contribution in [2.24, 2.45) is 0 Å². The summed E-state index contributed by atoms with van der Waals surface area (Å²) < 4.78 is 6.09. The lowest BCUT2D eigenvalue weighted by molar-refractivity contribution is -0.121. The van der Waals surface area contributed by atoms with E-state index < -0.39 is 0 Å². The molecule has 3 aromatic rings. The fraction of sp³-hybridized carbons (Fsp3) is 0.348. The van der Waals surface area contributed by atoms with Gasteiger partial charge in [0.1, 0.15) is 24.0 Å². The Labute approximate surface area is 190 Å². The largest absolute Gasteiger partial charge is 0.490 e. The smallest absolute Gasteiger partial charge is 0.171 e. The molecular weight excluding hydrogens is 435 g/mol. The number of piperidine rings is 1. The first-order valence-electron chi connectivity index (χ1n) is 10.4. The molecule has 1 aromatic heterocycles. The molecule has 6 nitrogen and oxygen atoms in total. The Bertz CT molecular complexity index is 1100. The van der Waals surface area contributed by atoms with Crippen molar-refractivity contribution in [2.45, 2.75) is 25.0 Å². The number of Topliss-reactive ketones (excluding diaryl/α,β-unsaturated/α-hetero) is 1. The van der Waals surface area contributed by atoms with Gasteiger partial charge in [0.25, 0.3) is 0 Å². The zero-order valence-corrected chi connectivity index (χ0v) is 18.4. The van der Waals surface area contributed by atoms with Crippen molar-refractivity contribution in [3.8, 4) is 5.75 Å². The van der Waals surface area contributed by atoms with E-state index >= 15 is 0 Å². The van der Waals surface area contributed by atoms with Gasteiger partial charge in [-0.2, -0.15) is 0 Å². The molecule has 0 radical (unpaired) electrons. The number of nitrogens with zero attached hydrogens (tertiary/aromatic N) is 4. The minimum absolute atomic E-state index is 0.117. The number of anilines is 1. The summed E-state index contributed by atoms with van der Waals surface area (Å²) in [5.41, 5.74) is 0.786. The van der Waals surface area contributed by atoms with Gasteiger partial charge in [0.2, 0.25) is 0 Å². The minimum Gasteiger partial charge on any atom is -0.490 e. The summed E-state index contributed by atoms with van der Waals surface area (Å²) in [4.78, 5) is 26.0. The van der Waals surface area contributed by atoms with Crippen molar-refractivity contribution in [1.82, 2.24) is 14.9 Å². The monoisotopic (exact) mass is 456 g/mol. The quantitative estimate of drug-likeness (QED) is 0.585. The number of carbonyl (C=O) groups excluding carboxylic acids is 1.